The average molecular weight is 267 g/mol. The minimum atomic E-state index is -0.393. The minimum absolute atomic E-state index is 0. The number of unbranched alkanes of at least 4 members (excludes halogenated alkanes) is 1. The Morgan fingerprint density at radius 1 is 1.35 bits per heavy atom. The molecule has 0 radical (unpaired) electrons. The number of amides is 1. The Morgan fingerprint density at radius 3 is 2.53 bits per heavy atom. The second kappa shape index (κ2) is 12.1. The molecule has 0 aromatic heterocycles. The van der Waals surface area contributed by atoms with E-state index in [4.69, 9.17) is 10.5 Å². The van der Waals surface area contributed by atoms with E-state index in [1.54, 1.807) is 0 Å². The van der Waals surface area contributed by atoms with E-state index in [9.17, 15) is 4.79 Å². The van der Waals surface area contributed by atoms with Gasteiger partial charge in [0, 0.05) is 13.2 Å². The number of ether oxygens (including phenoxy) is 1. The SMILES string of the molecule is CCCCOCCNC(=O)[C@@H](N)CC(C)C.Cl. The largest absolute Gasteiger partial charge is 0.380 e. The summed E-state index contributed by atoms with van der Waals surface area (Å²) >= 11 is 0. The molecule has 0 fully saturated rings. The number of hydrogen-bond acceptors (Lipinski definition) is 3. The lowest BCUT2D eigenvalue weighted by molar-refractivity contribution is -0.122. The predicted molar refractivity (Wildman–Crippen MR) is 73.4 cm³/mol. The van der Waals surface area contributed by atoms with Gasteiger partial charge in [-0.05, 0) is 18.8 Å². The third-order valence-electron chi connectivity index (χ3n) is 2.25. The van der Waals surface area contributed by atoms with Crippen LogP contribution >= 0.6 is 12.4 Å². The molecular formula is C12H27ClN2O2. The van der Waals surface area contributed by atoms with E-state index < -0.39 is 6.04 Å². The van der Waals surface area contributed by atoms with Crippen molar-refractivity contribution in [2.45, 2.75) is 46.1 Å². The van der Waals surface area contributed by atoms with Crippen molar-refractivity contribution < 1.29 is 9.53 Å². The molecule has 0 aliphatic rings. The Hall–Kier alpha value is -0.320. The predicted octanol–water partition coefficient (Wildman–Crippen LogP) is 1.71. The van der Waals surface area contributed by atoms with Gasteiger partial charge >= 0.3 is 0 Å². The van der Waals surface area contributed by atoms with Gasteiger partial charge in [-0.3, -0.25) is 4.79 Å². The molecule has 0 aliphatic heterocycles. The maximum Gasteiger partial charge on any atom is 0.237 e. The molecule has 17 heavy (non-hydrogen) atoms. The fourth-order valence-corrected chi connectivity index (χ4v) is 1.34. The Labute approximate surface area is 111 Å². The highest BCUT2D eigenvalue weighted by molar-refractivity contribution is 5.85. The summed E-state index contributed by atoms with van der Waals surface area (Å²) in [6, 6.07) is -0.393. The summed E-state index contributed by atoms with van der Waals surface area (Å²) in [6.07, 6.45) is 2.93. The van der Waals surface area contributed by atoms with Crippen molar-refractivity contribution in [1.82, 2.24) is 5.32 Å². The van der Waals surface area contributed by atoms with E-state index >= 15 is 0 Å². The minimum Gasteiger partial charge on any atom is -0.380 e. The number of rotatable bonds is 9. The molecule has 0 aliphatic carbocycles. The molecule has 0 bridgehead atoms. The maximum absolute atomic E-state index is 11.5. The molecule has 4 nitrogen and oxygen atoms in total. The molecule has 1 atom stereocenters. The first kappa shape index (κ1) is 19.0. The van der Waals surface area contributed by atoms with Gasteiger partial charge in [-0.2, -0.15) is 0 Å². The van der Waals surface area contributed by atoms with E-state index in [1.165, 1.54) is 0 Å². The molecule has 0 unspecified atom stereocenters. The topological polar surface area (TPSA) is 64.3 Å². The summed E-state index contributed by atoms with van der Waals surface area (Å²) in [5.41, 5.74) is 5.73. The average Bonchev–Trinajstić information content (AvgIpc) is 2.21. The highest BCUT2D eigenvalue weighted by Gasteiger charge is 2.13. The fourth-order valence-electron chi connectivity index (χ4n) is 1.34. The van der Waals surface area contributed by atoms with Crippen molar-refractivity contribution >= 4 is 18.3 Å². The van der Waals surface area contributed by atoms with Gasteiger partial charge in [-0.15, -0.1) is 12.4 Å². The molecule has 104 valence electrons. The quantitative estimate of drug-likeness (QED) is 0.625. The van der Waals surface area contributed by atoms with Crippen LogP contribution in [0.2, 0.25) is 0 Å². The van der Waals surface area contributed by atoms with Crippen LogP contribution in [0.4, 0.5) is 0 Å². The third kappa shape index (κ3) is 11.9. The van der Waals surface area contributed by atoms with Crippen molar-refractivity contribution in [3.8, 4) is 0 Å². The van der Waals surface area contributed by atoms with Crippen LogP contribution in [0.25, 0.3) is 0 Å². The van der Waals surface area contributed by atoms with E-state index in [-0.39, 0.29) is 18.3 Å². The first-order valence-electron chi connectivity index (χ1n) is 6.19. The van der Waals surface area contributed by atoms with Crippen LogP contribution in [-0.2, 0) is 9.53 Å². The van der Waals surface area contributed by atoms with Crippen LogP contribution < -0.4 is 11.1 Å². The van der Waals surface area contributed by atoms with Crippen LogP contribution in [0.5, 0.6) is 0 Å². The van der Waals surface area contributed by atoms with Crippen LogP contribution in [-0.4, -0.2) is 31.7 Å². The first-order chi connectivity index (χ1) is 7.57. The zero-order valence-electron chi connectivity index (χ0n) is 11.2. The molecule has 3 N–H and O–H groups in total. The Kier molecular flexibility index (Phi) is 13.6. The maximum atomic E-state index is 11.5. The van der Waals surface area contributed by atoms with Crippen LogP contribution in [0.15, 0.2) is 0 Å². The normalized spacial score (nSPS) is 12.1. The number of carbonyl (C=O) groups excluding carboxylic acids is 1. The molecule has 0 spiro atoms. The summed E-state index contributed by atoms with van der Waals surface area (Å²) in [5, 5.41) is 2.78. The highest BCUT2D eigenvalue weighted by Crippen LogP contribution is 2.02. The van der Waals surface area contributed by atoms with Gasteiger partial charge in [0.15, 0.2) is 0 Å². The highest BCUT2D eigenvalue weighted by atomic mass is 35.5. The van der Waals surface area contributed by atoms with Gasteiger partial charge in [-0.25, -0.2) is 0 Å². The summed E-state index contributed by atoms with van der Waals surface area (Å²) < 4.78 is 5.33. The molecule has 0 aromatic carbocycles. The summed E-state index contributed by atoms with van der Waals surface area (Å²) in [7, 11) is 0. The van der Waals surface area contributed by atoms with Crippen LogP contribution in [0.1, 0.15) is 40.0 Å². The lowest BCUT2D eigenvalue weighted by atomic mass is 10.0. The molecule has 0 heterocycles. The number of halogens is 1. The molecule has 0 rings (SSSR count). The Morgan fingerprint density at radius 2 is 2.00 bits per heavy atom. The van der Waals surface area contributed by atoms with Gasteiger partial charge in [-0.1, -0.05) is 27.2 Å². The molecule has 0 saturated heterocycles. The number of nitrogens with two attached hydrogens (primary N) is 1. The van der Waals surface area contributed by atoms with Crippen LogP contribution in [0.3, 0.4) is 0 Å². The van der Waals surface area contributed by atoms with Crippen molar-refractivity contribution in [1.29, 1.82) is 0 Å². The lowest BCUT2D eigenvalue weighted by Gasteiger charge is -2.14. The molecule has 0 aromatic rings. The molecule has 1 amide bonds. The van der Waals surface area contributed by atoms with Crippen molar-refractivity contribution in [3.63, 3.8) is 0 Å². The Balaban J connectivity index is 0. The standard InChI is InChI=1S/C12H26N2O2.ClH/c1-4-5-7-16-8-6-14-12(15)11(13)9-10(2)3;/h10-11H,4-9,13H2,1-3H3,(H,14,15);1H/t11-;/m0./s1. The van der Waals surface area contributed by atoms with Gasteiger partial charge in [0.25, 0.3) is 0 Å². The van der Waals surface area contributed by atoms with E-state index in [2.05, 4.69) is 26.1 Å². The number of carbonyl (C=O) groups is 1. The van der Waals surface area contributed by atoms with E-state index in [0.29, 0.717) is 19.1 Å². The fraction of sp³-hybridized carbons (Fsp3) is 0.917. The molecule has 5 heteroatoms. The van der Waals surface area contributed by atoms with E-state index in [1.807, 2.05) is 0 Å². The smallest absolute Gasteiger partial charge is 0.237 e. The van der Waals surface area contributed by atoms with Crippen molar-refractivity contribution in [3.05, 3.63) is 0 Å². The zero-order valence-corrected chi connectivity index (χ0v) is 12.0. The van der Waals surface area contributed by atoms with Gasteiger partial charge in [0.1, 0.15) is 0 Å². The molecule has 0 saturated carbocycles. The van der Waals surface area contributed by atoms with Gasteiger partial charge < -0.3 is 15.8 Å². The first-order valence-corrected chi connectivity index (χ1v) is 6.19. The summed E-state index contributed by atoms with van der Waals surface area (Å²) in [5.74, 6) is 0.370. The van der Waals surface area contributed by atoms with Gasteiger partial charge in [0.05, 0.1) is 12.6 Å². The molecular weight excluding hydrogens is 240 g/mol. The zero-order chi connectivity index (χ0) is 12.4. The Bertz CT molecular complexity index is 189. The second-order valence-electron chi connectivity index (χ2n) is 4.49. The van der Waals surface area contributed by atoms with Crippen molar-refractivity contribution in [2.24, 2.45) is 11.7 Å². The van der Waals surface area contributed by atoms with Crippen LogP contribution in [0, 0.1) is 5.92 Å². The third-order valence-corrected chi connectivity index (χ3v) is 2.25. The number of hydrogen-bond donors (Lipinski definition) is 2. The van der Waals surface area contributed by atoms with Crippen molar-refractivity contribution in [2.75, 3.05) is 19.8 Å². The number of nitrogens with one attached hydrogen (secondary N) is 1. The monoisotopic (exact) mass is 266 g/mol. The van der Waals surface area contributed by atoms with E-state index in [0.717, 1.165) is 25.9 Å². The summed E-state index contributed by atoms with van der Waals surface area (Å²) in [4.78, 5) is 11.5. The van der Waals surface area contributed by atoms with Gasteiger partial charge in [0.2, 0.25) is 5.91 Å². The lowest BCUT2D eigenvalue weighted by Crippen LogP contribution is -2.42. The second-order valence-corrected chi connectivity index (χ2v) is 4.49. The summed E-state index contributed by atoms with van der Waals surface area (Å²) in [6.45, 7) is 8.12.